The fraction of sp³-hybridized carbons (Fsp3) is 0.176. The van der Waals surface area contributed by atoms with E-state index in [0.29, 0.717) is 5.56 Å². The van der Waals surface area contributed by atoms with Crippen LogP contribution in [0.5, 0.6) is 23.0 Å². The predicted molar refractivity (Wildman–Crippen MR) is 81.1 cm³/mol. The van der Waals surface area contributed by atoms with Crippen molar-refractivity contribution in [3.05, 3.63) is 47.5 Å². The Hall–Kier alpha value is -3.22. The Morgan fingerprint density at radius 3 is 2.38 bits per heavy atom. The van der Waals surface area contributed by atoms with Crippen LogP contribution in [-0.2, 0) is 9.53 Å². The van der Waals surface area contributed by atoms with E-state index in [0.717, 1.165) is 13.0 Å². The summed E-state index contributed by atoms with van der Waals surface area (Å²) in [5.41, 5.74) is 0.329. The molecule has 7 nitrogen and oxygen atoms in total. The van der Waals surface area contributed by atoms with Crippen molar-refractivity contribution in [1.82, 2.24) is 0 Å². The fourth-order valence-electron chi connectivity index (χ4n) is 2.61. The van der Waals surface area contributed by atoms with Crippen molar-refractivity contribution in [2.24, 2.45) is 0 Å². The maximum absolute atomic E-state index is 12.7. The van der Waals surface area contributed by atoms with Gasteiger partial charge in [0.25, 0.3) is 0 Å². The molecule has 0 fully saturated rings. The lowest BCUT2D eigenvalue weighted by Gasteiger charge is -2.32. The molecule has 0 aromatic heterocycles. The number of benzene rings is 2. The van der Waals surface area contributed by atoms with Gasteiger partial charge in [-0.25, -0.2) is 0 Å². The highest BCUT2D eigenvalue weighted by Crippen LogP contribution is 2.42. The van der Waals surface area contributed by atoms with Gasteiger partial charge < -0.3 is 24.8 Å². The minimum Gasteiger partial charge on any atom is -0.508 e. The number of Topliss-reactive ketones (excluding diaryl/α,β-unsaturated/α-hetero) is 1. The number of hydrogen-bond acceptors (Lipinski definition) is 7. The number of esters is 1. The zero-order valence-electron chi connectivity index (χ0n) is 12.6. The Balaban J connectivity index is 2.11. The molecular formula is C17H14O7. The van der Waals surface area contributed by atoms with E-state index in [1.165, 1.54) is 30.3 Å². The zero-order chi connectivity index (χ0) is 17.4. The van der Waals surface area contributed by atoms with Crippen molar-refractivity contribution in [3.63, 3.8) is 0 Å². The molecule has 24 heavy (non-hydrogen) atoms. The van der Waals surface area contributed by atoms with Crippen LogP contribution in [0.1, 0.15) is 28.9 Å². The van der Waals surface area contributed by atoms with Gasteiger partial charge in [-0.15, -0.1) is 0 Å². The Morgan fingerprint density at radius 2 is 1.75 bits per heavy atom. The molecule has 0 aliphatic carbocycles. The average Bonchev–Trinajstić information content (AvgIpc) is 2.49. The largest absolute Gasteiger partial charge is 0.508 e. The van der Waals surface area contributed by atoms with Gasteiger partial charge in [-0.05, 0) is 17.7 Å². The quantitative estimate of drug-likeness (QED) is 0.722. The second-order valence-corrected chi connectivity index (χ2v) is 5.36. The number of ketones is 1. The first-order valence-corrected chi connectivity index (χ1v) is 7.10. The number of carbonyl (C=O) groups is 2. The van der Waals surface area contributed by atoms with E-state index >= 15 is 0 Å². The lowest BCUT2D eigenvalue weighted by molar-refractivity contribution is -0.148. The number of phenolic OH excluding ortho intramolecular Hbond substituents is 3. The van der Waals surface area contributed by atoms with Crippen LogP contribution in [0.3, 0.4) is 0 Å². The lowest BCUT2D eigenvalue weighted by Crippen LogP contribution is -2.39. The molecular weight excluding hydrogens is 316 g/mol. The molecule has 3 rings (SSSR count). The summed E-state index contributed by atoms with van der Waals surface area (Å²) < 4.78 is 10.8. The van der Waals surface area contributed by atoms with E-state index in [2.05, 4.69) is 0 Å². The first-order valence-electron chi connectivity index (χ1n) is 7.10. The molecule has 3 N–H and O–H groups in total. The minimum absolute atomic E-state index is 0.0148. The molecule has 1 heterocycles. The Kier molecular flexibility index (Phi) is 3.76. The van der Waals surface area contributed by atoms with Crippen molar-refractivity contribution in [1.29, 1.82) is 0 Å². The van der Waals surface area contributed by atoms with Gasteiger partial charge in [0.1, 0.15) is 28.6 Å². The minimum atomic E-state index is -1.30. The van der Waals surface area contributed by atoms with E-state index in [4.69, 9.17) is 9.47 Å². The summed E-state index contributed by atoms with van der Waals surface area (Å²) in [6.45, 7) is 1.16. The van der Waals surface area contributed by atoms with Gasteiger partial charge in [-0.1, -0.05) is 12.1 Å². The summed E-state index contributed by atoms with van der Waals surface area (Å²) in [4.78, 5) is 24.1. The molecule has 2 aromatic rings. The van der Waals surface area contributed by atoms with E-state index in [9.17, 15) is 24.9 Å². The molecule has 1 aliphatic heterocycles. The second kappa shape index (κ2) is 5.77. The monoisotopic (exact) mass is 330 g/mol. The number of rotatable bonds is 2. The molecule has 0 saturated heterocycles. The maximum Gasteiger partial charge on any atom is 0.303 e. The van der Waals surface area contributed by atoms with Crippen LogP contribution >= 0.6 is 0 Å². The Labute approximate surface area is 136 Å². The summed E-state index contributed by atoms with van der Waals surface area (Å²) in [7, 11) is 0. The molecule has 0 radical (unpaired) electrons. The molecule has 2 aromatic carbocycles. The van der Waals surface area contributed by atoms with Gasteiger partial charge in [0.2, 0.25) is 11.9 Å². The number of fused-ring (bicyclic) bond motifs is 1. The van der Waals surface area contributed by atoms with Gasteiger partial charge in [0.05, 0.1) is 0 Å². The Morgan fingerprint density at radius 1 is 1.08 bits per heavy atom. The van der Waals surface area contributed by atoms with Crippen LogP contribution in [0.25, 0.3) is 0 Å². The summed E-state index contributed by atoms with van der Waals surface area (Å²) >= 11 is 0. The van der Waals surface area contributed by atoms with E-state index in [1.807, 2.05) is 0 Å². The van der Waals surface area contributed by atoms with Crippen LogP contribution < -0.4 is 4.74 Å². The maximum atomic E-state index is 12.7. The third-order valence-corrected chi connectivity index (χ3v) is 3.61. The standard InChI is InChI=1S/C17H14O7/c1-8(18)23-17-15(22)14-12(21)6-11(20)7-13(14)24-16(17)9-2-4-10(19)5-3-9/h2-7,16-17,19-21H,1H3/t16-,17+/m1/s1. The number of hydrogen-bond donors (Lipinski definition) is 3. The summed E-state index contributed by atoms with van der Waals surface area (Å²) in [5.74, 6) is -2.03. The van der Waals surface area contributed by atoms with E-state index in [1.54, 1.807) is 0 Å². The number of ether oxygens (including phenoxy) is 2. The average molecular weight is 330 g/mol. The smallest absolute Gasteiger partial charge is 0.303 e. The van der Waals surface area contributed by atoms with Crippen LogP contribution in [0.2, 0.25) is 0 Å². The molecule has 0 unspecified atom stereocenters. The van der Waals surface area contributed by atoms with Crippen molar-refractivity contribution in [2.45, 2.75) is 19.1 Å². The van der Waals surface area contributed by atoms with Crippen molar-refractivity contribution in [3.8, 4) is 23.0 Å². The molecule has 1 aliphatic rings. The first kappa shape index (κ1) is 15.7. The fourth-order valence-corrected chi connectivity index (χ4v) is 2.61. The van der Waals surface area contributed by atoms with Gasteiger partial charge in [0, 0.05) is 19.1 Å². The number of phenols is 3. The third-order valence-electron chi connectivity index (χ3n) is 3.61. The molecule has 0 saturated carbocycles. The molecule has 0 spiro atoms. The second-order valence-electron chi connectivity index (χ2n) is 5.36. The van der Waals surface area contributed by atoms with Crippen molar-refractivity contribution < 1.29 is 34.4 Å². The molecule has 124 valence electrons. The van der Waals surface area contributed by atoms with Crippen LogP contribution in [0.4, 0.5) is 0 Å². The van der Waals surface area contributed by atoms with E-state index < -0.39 is 29.7 Å². The normalized spacial score (nSPS) is 19.3. The SMILES string of the molecule is CC(=O)O[C@H]1C(=O)c2c(O)cc(O)cc2O[C@@H]1c1ccc(O)cc1. The summed E-state index contributed by atoms with van der Waals surface area (Å²) in [6.07, 6.45) is -2.27. The zero-order valence-corrected chi connectivity index (χ0v) is 12.6. The summed E-state index contributed by atoms with van der Waals surface area (Å²) in [6, 6.07) is 8.07. The highest BCUT2D eigenvalue weighted by molar-refractivity contribution is 6.06. The summed E-state index contributed by atoms with van der Waals surface area (Å²) in [5, 5.41) is 28.9. The first-order chi connectivity index (χ1) is 11.4. The molecule has 0 bridgehead atoms. The lowest BCUT2D eigenvalue weighted by atomic mass is 9.92. The highest BCUT2D eigenvalue weighted by Gasteiger charge is 2.42. The van der Waals surface area contributed by atoms with Crippen LogP contribution in [-0.4, -0.2) is 33.2 Å². The van der Waals surface area contributed by atoms with Gasteiger partial charge in [-0.2, -0.15) is 0 Å². The van der Waals surface area contributed by atoms with Gasteiger partial charge in [-0.3, -0.25) is 9.59 Å². The molecule has 0 amide bonds. The highest BCUT2D eigenvalue weighted by atomic mass is 16.6. The van der Waals surface area contributed by atoms with Crippen molar-refractivity contribution >= 4 is 11.8 Å². The number of aromatic hydroxyl groups is 3. The predicted octanol–water partition coefficient (Wildman–Crippen LogP) is 2.05. The third kappa shape index (κ3) is 2.71. The van der Waals surface area contributed by atoms with Crippen molar-refractivity contribution in [2.75, 3.05) is 0 Å². The van der Waals surface area contributed by atoms with Gasteiger partial charge >= 0.3 is 5.97 Å². The van der Waals surface area contributed by atoms with Gasteiger partial charge in [0.15, 0.2) is 6.10 Å². The molecule has 7 heteroatoms. The Bertz CT molecular complexity index is 810. The topological polar surface area (TPSA) is 113 Å². The molecule has 2 atom stereocenters. The van der Waals surface area contributed by atoms with E-state index in [-0.39, 0.29) is 22.8 Å². The number of carbonyl (C=O) groups excluding carboxylic acids is 2. The van der Waals surface area contributed by atoms with Crippen LogP contribution in [0.15, 0.2) is 36.4 Å². The van der Waals surface area contributed by atoms with Crippen LogP contribution in [0, 0.1) is 0 Å².